The van der Waals surface area contributed by atoms with Crippen LogP contribution in [0.25, 0.3) is 0 Å². The van der Waals surface area contributed by atoms with Gasteiger partial charge in [0.15, 0.2) is 5.13 Å². The quantitative estimate of drug-likeness (QED) is 0.335. The normalized spacial score (nSPS) is 10.8. The van der Waals surface area contributed by atoms with E-state index in [1.165, 1.54) is 16.9 Å². The van der Waals surface area contributed by atoms with Crippen molar-refractivity contribution < 1.29 is 18.3 Å². The van der Waals surface area contributed by atoms with Crippen LogP contribution < -0.4 is 10.1 Å². The number of nitrogens with zero attached hydrogens (tertiary/aromatic N) is 4. The predicted molar refractivity (Wildman–Crippen MR) is 120 cm³/mol. The highest BCUT2D eigenvalue weighted by atomic mass is 32.1. The lowest BCUT2D eigenvalue weighted by Crippen LogP contribution is -2.13. The molecule has 0 saturated heterocycles. The van der Waals surface area contributed by atoms with Gasteiger partial charge in [-0.3, -0.25) is 14.8 Å². The molecular formula is C23H21F2N5O2S. The third-order valence-corrected chi connectivity index (χ3v) is 5.64. The fourth-order valence-corrected chi connectivity index (χ4v) is 3.82. The molecule has 2 aromatic carbocycles. The van der Waals surface area contributed by atoms with Crippen molar-refractivity contribution in [1.82, 2.24) is 20.0 Å². The molecule has 2 heterocycles. The summed E-state index contributed by atoms with van der Waals surface area (Å²) in [5.74, 6) is -1.64. The van der Waals surface area contributed by atoms with E-state index < -0.39 is 17.5 Å². The minimum atomic E-state index is -0.925. The Morgan fingerprint density at radius 3 is 2.73 bits per heavy atom. The zero-order valence-electron chi connectivity index (χ0n) is 17.6. The number of hydrogen-bond donors (Lipinski definition) is 1. The number of thiazole rings is 1. The number of carbonyl (C=O) groups is 1. The maximum Gasteiger partial charge on any atom is 0.260 e. The molecule has 0 spiro atoms. The van der Waals surface area contributed by atoms with Crippen molar-refractivity contribution in [3.05, 3.63) is 88.7 Å². The van der Waals surface area contributed by atoms with E-state index in [4.69, 9.17) is 4.74 Å². The fourth-order valence-electron chi connectivity index (χ4n) is 3.13. The Labute approximate surface area is 193 Å². The summed E-state index contributed by atoms with van der Waals surface area (Å²) < 4.78 is 34.3. The van der Waals surface area contributed by atoms with Gasteiger partial charge in [0.05, 0.1) is 17.5 Å². The van der Waals surface area contributed by atoms with Crippen molar-refractivity contribution in [2.24, 2.45) is 0 Å². The Balaban J connectivity index is 1.22. The van der Waals surface area contributed by atoms with Gasteiger partial charge in [0, 0.05) is 24.2 Å². The summed E-state index contributed by atoms with van der Waals surface area (Å²) in [7, 11) is 0. The molecule has 0 aliphatic carbocycles. The van der Waals surface area contributed by atoms with Crippen LogP contribution in [0.2, 0.25) is 0 Å². The fraction of sp³-hybridized carbons (Fsp3) is 0.217. The van der Waals surface area contributed by atoms with Gasteiger partial charge < -0.3 is 4.74 Å². The van der Waals surface area contributed by atoms with Gasteiger partial charge in [-0.2, -0.15) is 0 Å². The van der Waals surface area contributed by atoms with Crippen molar-refractivity contribution in [3.8, 4) is 5.75 Å². The number of hydrogen-bond acceptors (Lipinski definition) is 6. The smallest absolute Gasteiger partial charge is 0.260 e. The second kappa shape index (κ2) is 10.8. The van der Waals surface area contributed by atoms with E-state index >= 15 is 0 Å². The molecule has 2 aromatic heterocycles. The number of ether oxygens (including phenoxy) is 1. The molecule has 4 aromatic rings. The van der Waals surface area contributed by atoms with Crippen LogP contribution in [-0.2, 0) is 19.6 Å². The highest BCUT2D eigenvalue weighted by molar-refractivity contribution is 7.13. The second-order valence-corrected chi connectivity index (χ2v) is 8.14. The summed E-state index contributed by atoms with van der Waals surface area (Å²) in [6, 6.07) is 10.7. The van der Waals surface area contributed by atoms with Crippen molar-refractivity contribution in [2.75, 3.05) is 5.32 Å². The first-order valence-electron chi connectivity index (χ1n) is 10.3. The number of nitrogens with one attached hydrogen (secondary N) is 1. The number of benzene rings is 2. The number of aryl methyl sites for hydroxylation is 2. The van der Waals surface area contributed by atoms with Gasteiger partial charge in [-0.05, 0) is 49.1 Å². The molecule has 0 saturated carbocycles. The number of anilines is 1. The monoisotopic (exact) mass is 469 g/mol. The number of carbonyl (C=O) groups excluding carboxylic acids is 1. The number of aromatic nitrogens is 4. The van der Waals surface area contributed by atoms with Gasteiger partial charge in [-0.25, -0.2) is 13.8 Å². The van der Waals surface area contributed by atoms with Crippen LogP contribution >= 0.6 is 11.3 Å². The van der Waals surface area contributed by atoms with Crippen molar-refractivity contribution in [1.29, 1.82) is 0 Å². The summed E-state index contributed by atoms with van der Waals surface area (Å²) in [4.78, 5) is 16.5. The van der Waals surface area contributed by atoms with Crippen LogP contribution in [0, 0.1) is 11.6 Å². The van der Waals surface area contributed by atoms with Crippen LogP contribution in [-0.4, -0.2) is 25.9 Å². The molecule has 1 N–H and O–H groups in total. The van der Waals surface area contributed by atoms with E-state index in [-0.39, 0.29) is 12.2 Å². The molecule has 0 radical (unpaired) electrons. The highest BCUT2D eigenvalue weighted by Crippen LogP contribution is 2.20. The van der Waals surface area contributed by atoms with E-state index in [1.807, 2.05) is 35.1 Å². The van der Waals surface area contributed by atoms with Crippen LogP contribution in [0.3, 0.4) is 0 Å². The molecule has 4 rings (SSSR count). The Hall–Kier alpha value is -3.66. The molecule has 0 unspecified atom stereocenters. The predicted octanol–water partition coefficient (Wildman–Crippen LogP) is 4.87. The minimum absolute atomic E-state index is 0.231. The standard InChI is InChI=1S/C23H21F2N5O2S/c24-17-6-9-20(21(25)13-17)22(31)28-23-27-18(15-33-23)14-32-19-7-4-16(5-8-19)3-1-2-11-30-12-10-26-29-30/h4-10,12-13,15H,1-3,11,14H2,(H,27,28,31). The number of halogens is 2. The van der Waals surface area contributed by atoms with E-state index in [9.17, 15) is 13.6 Å². The van der Waals surface area contributed by atoms with Crippen LogP contribution in [0.1, 0.15) is 34.5 Å². The van der Waals surface area contributed by atoms with Gasteiger partial charge in [0.25, 0.3) is 5.91 Å². The lowest BCUT2D eigenvalue weighted by atomic mass is 10.1. The van der Waals surface area contributed by atoms with Crippen molar-refractivity contribution in [3.63, 3.8) is 0 Å². The maximum absolute atomic E-state index is 13.7. The van der Waals surface area contributed by atoms with E-state index in [1.54, 1.807) is 11.6 Å². The maximum atomic E-state index is 13.7. The highest BCUT2D eigenvalue weighted by Gasteiger charge is 2.14. The Morgan fingerprint density at radius 2 is 1.97 bits per heavy atom. The van der Waals surface area contributed by atoms with Gasteiger partial charge in [-0.15, -0.1) is 16.4 Å². The summed E-state index contributed by atoms with van der Waals surface area (Å²) in [6.45, 7) is 1.09. The minimum Gasteiger partial charge on any atom is -0.487 e. The lowest BCUT2D eigenvalue weighted by Gasteiger charge is -2.06. The Morgan fingerprint density at radius 1 is 1.12 bits per heavy atom. The largest absolute Gasteiger partial charge is 0.487 e. The van der Waals surface area contributed by atoms with Crippen molar-refractivity contribution >= 4 is 22.4 Å². The average Bonchev–Trinajstić information content (AvgIpc) is 3.48. The molecule has 1 amide bonds. The molecule has 170 valence electrons. The summed E-state index contributed by atoms with van der Waals surface area (Å²) in [5, 5.41) is 12.3. The Kier molecular flexibility index (Phi) is 7.36. The van der Waals surface area contributed by atoms with Gasteiger partial charge in [-0.1, -0.05) is 17.3 Å². The van der Waals surface area contributed by atoms with E-state index in [2.05, 4.69) is 20.6 Å². The molecular weight excluding hydrogens is 448 g/mol. The van der Waals surface area contributed by atoms with Crippen molar-refractivity contribution in [2.45, 2.75) is 32.4 Å². The number of amides is 1. The first-order chi connectivity index (χ1) is 16.1. The molecule has 10 heteroatoms. The zero-order valence-corrected chi connectivity index (χ0v) is 18.4. The summed E-state index contributed by atoms with van der Waals surface area (Å²) in [5.41, 5.74) is 1.61. The number of unbranched alkanes of at least 4 members (excludes halogenated alkanes) is 1. The van der Waals surface area contributed by atoms with Gasteiger partial charge in [0.2, 0.25) is 0 Å². The molecule has 7 nitrogen and oxygen atoms in total. The molecule has 0 aliphatic heterocycles. The Bertz CT molecular complexity index is 1200. The van der Waals surface area contributed by atoms with Crippen LogP contribution in [0.15, 0.2) is 60.2 Å². The molecule has 0 bridgehead atoms. The van der Waals surface area contributed by atoms with E-state index in [0.717, 1.165) is 37.9 Å². The zero-order chi connectivity index (χ0) is 23.0. The SMILES string of the molecule is O=C(Nc1nc(COc2ccc(CCCCn3ccnn3)cc2)cs1)c1ccc(F)cc1F. The average molecular weight is 470 g/mol. The lowest BCUT2D eigenvalue weighted by molar-refractivity contribution is 0.102. The molecule has 0 atom stereocenters. The van der Waals surface area contributed by atoms with Gasteiger partial charge in [0.1, 0.15) is 24.0 Å². The van der Waals surface area contributed by atoms with Gasteiger partial charge >= 0.3 is 0 Å². The first kappa shape index (κ1) is 22.5. The summed E-state index contributed by atoms with van der Waals surface area (Å²) in [6.07, 6.45) is 6.58. The summed E-state index contributed by atoms with van der Waals surface area (Å²) >= 11 is 1.20. The first-order valence-corrected chi connectivity index (χ1v) is 11.2. The number of rotatable bonds is 10. The molecule has 33 heavy (non-hydrogen) atoms. The van der Waals surface area contributed by atoms with E-state index in [0.29, 0.717) is 22.6 Å². The third kappa shape index (κ3) is 6.42. The van der Waals surface area contributed by atoms with Crippen LogP contribution in [0.4, 0.5) is 13.9 Å². The topological polar surface area (TPSA) is 81.9 Å². The molecule has 0 fully saturated rings. The second-order valence-electron chi connectivity index (χ2n) is 7.28. The molecule has 0 aliphatic rings. The van der Waals surface area contributed by atoms with Crippen LogP contribution in [0.5, 0.6) is 5.75 Å². The third-order valence-electron chi connectivity index (χ3n) is 4.83.